The van der Waals surface area contributed by atoms with E-state index in [0.29, 0.717) is 11.9 Å². The molecular weight excluding hydrogens is 280 g/mol. The van der Waals surface area contributed by atoms with Gasteiger partial charge in [-0.05, 0) is 38.1 Å². The Morgan fingerprint density at radius 2 is 2.19 bits per heavy atom. The third-order valence-electron chi connectivity index (χ3n) is 3.55. The lowest BCUT2D eigenvalue weighted by atomic mass is 10.1. The van der Waals surface area contributed by atoms with E-state index in [0.717, 1.165) is 17.7 Å². The number of nitrogens with two attached hydrogens (primary N) is 1. The summed E-state index contributed by atoms with van der Waals surface area (Å²) in [7, 11) is 0. The molecule has 0 bridgehead atoms. The van der Waals surface area contributed by atoms with E-state index < -0.39 is 0 Å². The summed E-state index contributed by atoms with van der Waals surface area (Å²) < 4.78 is 2.17. The van der Waals surface area contributed by atoms with Crippen molar-refractivity contribution in [3.63, 3.8) is 0 Å². The molecule has 5 heteroatoms. The molecule has 1 unspecified atom stereocenters. The summed E-state index contributed by atoms with van der Waals surface area (Å²) >= 11 is 1.85. The number of anilines is 1. The second-order valence-electron chi connectivity index (χ2n) is 5.19. The zero-order chi connectivity index (χ0) is 14.8. The molecule has 3 aromatic heterocycles. The predicted molar refractivity (Wildman–Crippen MR) is 87.3 cm³/mol. The zero-order valence-corrected chi connectivity index (χ0v) is 13.0. The van der Waals surface area contributed by atoms with Gasteiger partial charge >= 0.3 is 0 Å². The molecule has 3 aromatic rings. The average Bonchev–Trinajstić information content (AvgIpc) is 3.08. The van der Waals surface area contributed by atoms with E-state index in [4.69, 9.17) is 5.73 Å². The highest BCUT2D eigenvalue weighted by molar-refractivity contribution is 7.11. The first kappa shape index (κ1) is 13.8. The van der Waals surface area contributed by atoms with Crippen LogP contribution in [0.15, 0.2) is 43.0 Å². The lowest BCUT2D eigenvalue weighted by Crippen LogP contribution is -2.08. The van der Waals surface area contributed by atoms with Crippen LogP contribution in [-0.2, 0) is 6.42 Å². The third-order valence-corrected chi connectivity index (χ3v) is 4.57. The topological polar surface area (TPSA) is 56.7 Å². The lowest BCUT2D eigenvalue weighted by molar-refractivity contribution is 0.553. The maximum absolute atomic E-state index is 5.99. The molecule has 21 heavy (non-hydrogen) atoms. The number of hydrogen-bond acceptors (Lipinski definition) is 4. The summed E-state index contributed by atoms with van der Waals surface area (Å²) in [6.07, 6.45) is 6.41. The van der Waals surface area contributed by atoms with Gasteiger partial charge in [-0.15, -0.1) is 11.3 Å². The minimum absolute atomic E-state index is 0.320. The van der Waals surface area contributed by atoms with E-state index in [2.05, 4.69) is 40.5 Å². The number of aryl methyl sites for hydroxylation is 1. The number of rotatable bonds is 4. The van der Waals surface area contributed by atoms with Gasteiger partial charge in [0.05, 0.1) is 18.2 Å². The Labute approximate surface area is 128 Å². The Kier molecular flexibility index (Phi) is 3.75. The zero-order valence-electron chi connectivity index (χ0n) is 12.2. The summed E-state index contributed by atoms with van der Waals surface area (Å²) in [5.74, 6) is 0.540. The molecular formula is C16H18N4S. The number of aromatic nitrogens is 3. The molecule has 2 N–H and O–H groups in total. The van der Waals surface area contributed by atoms with E-state index in [-0.39, 0.29) is 0 Å². The fourth-order valence-electron chi connectivity index (χ4n) is 2.48. The Balaban J connectivity index is 1.90. The molecule has 0 aliphatic heterocycles. The molecule has 0 aromatic carbocycles. The highest BCUT2D eigenvalue weighted by Crippen LogP contribution is 2.28. The van der Waals surface area contributed by atoms with Crippen molar-refractivity contribution >= 4 is 17.2 Å². The van der Waals surface area contributed by atoms with Crippen molar-refractivity contribution in [3.8, 4) is 11.3 Å². The third kappa shape index (κ3) is 2.83. The van der Waals surface area contributed by atoms with Gasteiger partial charge < -0.3 is 10.3 Å². The van der Waals surface area contributed by atoms with Crippen molar-refractivity contribution in [3.05, 3.63) is 52.7 Å². The second-order valence-corrected chi connectivity index (χ2v) is 6.56. The minimum Gasteiger partial charge on any atom is -0.383 e. The van der Waals surface area contributed by atoms with Crippen molar-refractivity contribution in [2.45, 2.75) is 26.3 Å². The maximum Gasteiger partial charge on any atom is 0.132 e. The van der Waals surface area contributed by atoms with Crippen LogP contribution in [0.4, 0.5) is 5.82 Å². The van der Waals surface area contributed by atoms with Crippen LogP contribution in [0.1, 0.15) is 22.7 Å². The average molecular weight is 298 g/mol. The number of hydrogen-bond donors (Lipinski definition) is 1. The summed E-state index contributed by atoms with van der Waals surface area (Å²) in [5.41, 5.74) is 7.94. The van der Waals surface area contributed by atoms with E-state index >= 15 is 0 Å². The Hall–Kier alpha value is -2.14. The highest BCUT2D eigenvalue weighted by Gasteiger charge is 2.14. The smallest absolute Gasteiger partial charge is 0.132 e. The second kappa shape index (κ2) is 5.69. The minimum atomic E-state index is 0.320. The van der Waals surface area contributed by atoms with Crippen LogP contribution in [0.25, 0.3) is 11.3 Å². The van der Waals surface area contributed by atoms with Gasteiger partial charge in [-0.1, -0.05) is 0 Å². The number of nitrogens with zero attached hydrogens (tertiary/aromatic N) is 3. The van der Waals surface area contributed by atoms with E-state index in [9.17, 15) is 0 Å². The molecule has 1 atom stereocenters. The molecule has 0 aliphatic carbocycles. The molecule has 0 radical (unpaired) electrons. The normalized spacial score (nSPS) is 12.5. The number of thiophene rings is 1. The molecule has 0 spiro atoms. The molecule has 3 rings (SSSR count). The maximum atomic E-state index is 5.99. The van der Waals surface area contributed by atoms with Crippen LogP contribution in [0.3, 0.4) is 0 Å². The van der Waals surface area contributed by atoms with Gasteiger partial charge in [0.1, 0.15) is 5.82 Å². The van der Waals surface area contributed by atoms with Crippen LogP contribution in [-0.4, -0.2) is 14.5 Å². The van der Waals surface area contributed by atoms with Crippen molar-refractivity contribution in [2.24, 2.45) is 0 Å². The molecule has 0 saturated carbocycles. The molecule has 0 saturated heterocycles. The number of imidazole rings is 1. The summed E-state index contributed by atoms with van der Waals surface area (Å²) in [5, 5.41) is 0. The van der Waals surface area contributed by atoms with Gasteiger partial charge in [0.15, 0.2) is 0 Å². The fraction of sp³-hybridized carbons (Fsp3) is 0.250. The Morgan fingerprint density at radius 3 is 2.90 bits per heavy atom. The molecule has 4 nitrogen and oxygen atoms in total. The van der Waals surface area contributed by atoms with E-state index in [1.807, 2.05) is 36.0 Å². The van der Waals surface area contributed by atoms with Crippen LogP contribution in [0.5, 0.6) is 0 Å². The highest BCUT2D eigenvalue weighted by atomic mass is 32.1. The largest absolute Gasteiger partial charge is 0.383 e. The van der Waals surface area contributed by atoms with Crippen LogP contribution < -0.4 is 5.73 Å². The lowest BCUT2D eigenvalue weighted by Gasteiger charge is -2.16. The molecule has 108 valence electrons. The van der Waals surface area contributed by atoms with E-state index in [1.165, 1.54) is 9.75 Å². The fourth-order valence-corrected chi connectivity index (χ4v) is 3.49. The van der Waals surface area contributed by atoms with Gasteiger partial charge in [-0.25, -0.2) is 9.97 Å². The van der Waals surface area contributed by atoms with E-state index in [1.54, 1.807) is 6.20 Å². The molecule has 0 aliphatic rings. The predicted octanol–water partition coefficient (Wildman–Crippen LogP) is 3.70. The van der Waals surface area contributed by atoms with Crippen LogP contribution in [0, 0.1) is 6.92 Å². The molecule has 0 amide bonds. The molecule has 0 fully saturated rings. The summed E-state index contributed by atoms with van der Waals surface area (Å²) in [4.78, 5) is 11.2. The first-order chi connectivity index (χ1) is 10.1. The Bertz CT molecular complexity index is 744. The van der Waals surface area contributed by atoms with Crippen LogP contribution in [0.2, 0.25) is 0 Å². The monoisotopic (exact) mass is 298 g/mol. The van der Waals surface area contributed by atoms with Crippen molar-refractivity contribution < 1.29 is 0 Å². The SMILES string of the molecule is Cc1ccc(CC(C)n2cncc2-c2cccnc2N)s1. The van der Waals surface area contributed by atoms with Gasteiger partial charge in [0.25, 0.3) is 0 Å². The van der Waals surface area contributed by atoms with Gasteiger partial charge in [0.2, 0.25) is 0 Å². The van der Waals surface area contributed by atoms with Gasteiger partial charge in [0, 0.05) is 34.0 Å². The first-order valence-electron chi connectivity index (χ1n) is 6.93. The molecule has 3 heterocycles. The van der Waals surface area contributed by atoms with Crippen LogP contribution >= 0.6 is 11.3 Å². The van der Waals surface area contributed by atoms with Crippen molar-refractivity contribution in [1.82, 2.24) is 14.5 Å². The quantitative estimate of drug-likeness (QED) is 0.799. The van der Waals surface area contributed by atoms with Crippen molar-refractivity contribution in [2.75, 3.05) is 5.73 Å². The van der Waals surface area contributed by atoms with Gasteiger partial charge in [-0.2, -0.15) is 0 Å². The first-order valence-corrected chi connectivity index (χ1v) is 7.75. The number of nitrogen functional groups attached to an aromatic ring is 1. The van der Waals surface area contributed by atoms with Crippen molar-refractivity contribution in [1.29, 1.82) is 0 Å². The summed E-state index contributed by atoms with van der Waals surface area (Å²) in [6, 6.07) is 8.57. The standard InChI is InChI=1S/C16H18N4S/c1-11(8-13-6-5-12(2)21-13)20-10-18-9-15(20)14-4-3-7-19-16(14)17/h3-7,9-11H,8H2,1-2H3,(H2,17,19). The van der Waals surface area contributed by atoms with Gasteiger partial charge in [-0.3, -0.25) is 0 Å². The summed E-state index contributed by atoms with van der Waals surface area (Å²) in [6.45, 7) is 4.34. The number of pyridine rings is 1. The Morgan fingerprint density at radius 1 is 1.33 bits per heavy atom.